The fourth-order valence-corrected chi connectivity index (χ4v) is 0.306. The molecule has 1 N–H and O–H groups in total. The predicted molar refractivity (Wildman–Crippen MR) is 30.2 cm³/mol. The maximum absolute atomic E-state index is 6.69. The van der Waals surface area contributed by atoms with Crippen LogP contribution in [0.3, 0.4) is 0 Å². The molecule has 0 aromatic carbocycles. The third kappa shape index (κ3) is 11.3. The Morgan fingerprint density at radius 3 is 2.29 bits per heavy atom. The topological polar surface area (TPSA) is 23.8 Å². The Balaban J connectivity index is 0. The Bertz CT molecular complexity index is 23.7. The van der Waals surface area contributed by atoms with Gasteiger partial charge in [0, 0.05) is 0 Å². The standard InChI is InChI=1S/C4H10BN.K/c1-5-3-2-4-6;/h6H,2-4H2,1H3;/q-1;+1. The van der Waals surface area contributed by atoms with Crippen LogP contribution in [0.4, 0.5) is 0 Å². The monoisotopic (exact) mass is 122 g/mol. The molecule has 0 fully saturated rings. The first kappa shape index (κ1) is 11.5. The van der Waals surface area contributed by atoms with Gasteiger partial charge in [-0.3, -0.25) is 0 Å². The van der Waals surface area contributed by atoms with Gasteiger partial charge in [-0.25, -0.2) is 0 Å². The smallest absolute Gasteiger partial charge is 0.677 e. The summed E-state index contributed by atoms with van der Waals surface area (Å²) in [5.74, 6) is 0. The van der Waals surface area contributed by atoms with Gasteiger partial charge >= 0.3 is 51.4 Å². The molecule has 35 valence electrons. The molecule has 0 aromatic rings. The van der Waals surface area contributed by atoms with Crippen LogP contribution >= 0.6 is 0 Å². The summed E-state index contributed by atoms with van der Waals surface area (Å²) in [5, 5.41) is 0. The van der Waals surface area contributed by atoms with Crippen LogP contribution in [0.25, 0.3) is 5.73 Å². The normalized spacial score (nSPS) is 7.14. The molecule has 0 aliphatic rings. The Labute approximate surface area is 89.1 Å². The molecule has 0 spiro atoms. The zero-order valence-electron chi connectivity index (χ0n) is 5.20. The molecule has 0 saturated heterocycles. The summed E-state index contributed by atoms with van der Waals surface area (Å²) in [7, 11) is 2.09. The molecule has 7 heavy (non-hydrogen) atoms. The maximum Gasteiger partial charge on any atom is 1.00 e. The van der Waals surface area contributed by atoms with E-state index >= 15 is 0 Å². The van der Waals surface area contributed by atoms with E-state index < -0.39 is 0 Å². The van der Waals surface area contributed by atoms with Crippen molar-refractivity contribution in [1.29, 1.82) is 0 Å². The Morgan fingerprint density at radius 2 is 2.14 bits per heavy atom. The van der Waals surface area contributed by atoms with Crippen LogP contribution < -0.4 is 51.4 Å². The number of hydrogen-bond acceptors (Lipinski definition) is 0. The molecule has 0 unspecified atom stereocenters. The van der Waals surface area contributed by atoms with Gasteiger partial charge in [0.1, 0.15) is 7.28 Å². The fourth-order valence-electron chi connectivity index (χ4n) is 0.306. The molecular weight excluding hydrogens is 112 g/mol. The average molecular weight is 122 g/mol. The van der Waals surface area contributed by atoms with Crippen molar-refractivity contribution in [3.05, 3.63) is 5.73 Å². The van der Waals surface area contributed by atoms with Gasteiger partial charge in [0.25, 0.3) is 0 Å². The zero-order chi connectivity index (χ0) is 4.83. The van der Waals surface area contributed by atoms with Gasteiger partial charge in [-0.1, -0.05) is 19.6 Å². The molecule has 3 heteroatoms. The minimum Gasteiger partial charge on any atom is -0.677 e. The van der Waals surface area contributed by atoms with Crippen LogP contribution in [-0.2, 0) is 0 Å². The van der Waals surface area contributed by atoms with Gasteiger partial charge in [0.2, 0.25) is 0 Å². The Kier molecular flexibility index (Phi) is 17.4. The van der Waals surface area contributed by atoms with Crippen LogP contribution in [0, 0.1) is 0 Å². The number of nitrogens with one attached hydrogen (secondary N) is 1. The van der Waals surface area contributed by atoms with E-state index in [1.807, 2.05) is 6.82 Å². The van der Waals surface area contributed by atoms with Crippen molar-refractivity contribution in [3.8, 4) is 0 Å². The number of hydrogen-bond donors (Lipinski definition) is 0. The predicted octanol–water partition coefficient (Wildman–Crippen LogP) is -1.40. The first-order chi connectivity index (χ1) is 2.91. The van der Waals surface area contributed by atoms with Crippen molar-refractivity contribution >= 4 is 7.28 Å². The third-order valence-electron chi connectivity index (χ3n) is 0.670. The van der Waals surface area contributed by atoms with E-state index in [0.29, 0.717) is 6.54 Å². The maximum atomic E-state index is 6.69. The summed E-state index contributed by atoms with van der Waals surface area (Å²) in [6.45, 7) is 2.60. The van der Waals surface area contributed by atoms with Gasteiger partial charge < -0.3 is 5.73 Å². The molecule has 0 saturated carbocycles. The first-order valence-electron chi connectivity index (χ1n) is 2.34. The molecular formula is C4H10BKN. The molecule has 0 aliphatic heterocycles. The van der Waals surface area contributed by atoms with E-state index in [1.165, 1.54) is 0 Å². The van der Waals surface area contributed by atoms with Crippen LogP contribution in [0.1, 0.15) is 6.42 Å². The molecule has 0 amide bonds. The Hall–Kier alpha value is 1.66. The van der Waals surface area contributed by atoms with Gasteiger partial charge in [-0.05, 0) is 0 Å². The Morgan fingerprint density at radius 1 is 1.57 bits per heavy atom. The summed E-state index contributed by atoms with van der Waals surface area (Å²) < 4.78 is 0. The summed E-state index contributed by atoms with van der Waals surface area (Å²) in [6.07, 6.45) is 2.12. The van der Waals surface area contributed by atoms with Crippen molar-refractivity contribution in [2.45, 2.75) is 19.6 Å². The quantitative estimate of drug-likeness (QED) is 0.325. The first-order valence-corrected chi connectivity index (χ1v) is 2.34. The molecule has 1 nitrogen and oxygen atoms in total. The van der Waals surface area contributed by atoms with Gasteiger partial charge in [0.05, 0.1) is 0 Å². The van der Waals surface area contributed by atoms with E-state index in [-0.39, 0.29) is 51.4 Å². The van der Waals surface area contributed by atoms with Gasteiger partial charge in [0.15, 0.2) is 0 Å². The fraction of sp³-hybridized carbons (Fsp3) is 1.00. The molecule has 0 rings (SSSR count). The summed E-state index contributed by atoms with van der Waals surface area (Å²) in [6, 6.07) is 0. The second-order valence-corrected chi connectivity index (χ2v) is 1.30. The average Bonchev–Trinajstić information content (AvgIpc) is 1.61. The van der Waals surface area contributed by atoms with Crippen molar-refractivity contribution < 1.29 is 51.4 Å². The third-order valence-corrected chi connectivity index (χ3v) is 0.670. The van der Waals surface area contributed by atoms with E-state index in [1.54, 1.807) is 0 Å². The molecule has 1 radical (unpaired) electrons. The van der Waals surface area contributed by atoms with E-state index in [4.69, 9.17) is 5.73 Å². The van der Waals surface area contributed by atoms with Crippen molar-refractivity contribution in [1.82, 2.24) is 0 Å². The molecule has 0 bridgehead atoms. The molecule has 0 atom stereocenters. The van der Waals surface area contributed by atoms with E-state index in [2.05, 4.69) is 7.28 Å². The number of rotatable bonds is 3. The summed E-state index contributed by atoms with van der Waals surface area (Å²) in [5.41, 5.74) is 6.69. The van der Waals surface area contributed by atoms with Crippen molar-refractivity contribution in [3.63, 3.8) is 0 Å². The van der Waals surface area contributed by atoms with Crippen LogP contribution in [0.2, 0.25) is 13.1 Å². The minimum atomic E-state index is 0. The van der Waals surface area contributed by atoms with E-state index in [0.717, 1.165) is 12.7 Å². The van der Waals surface area contributed by atoms with Gasteiger partial charge in [-0.15, -0.1) is 0 Å². The zero-order valence-corrected chi connectivity index (χ0v) is 8.32. The van der Waals surface area contributed by atoms with Crippen LogP contribution in [0.15, 0.2) is 0 Å². The van der Waals surface area contributed by atoms with Crippen molar-refractivity contribution in [2.24, 2.45) is 0 Å². The second-order valence-electron chi connectivity index (χ2n) is 1.30. The van der Waals surface area contributed by atoms with Gasteiger partial charge in [-0.2, -0.15) is 6.54 Å². The minimum absolute atomic E-state index is 0. The van der Waals surface area contributed by atoms with Crippen LogP contribution in [-0.4, -0.2) is 13.8 Å². The van der Waals surface area contributed by atoms with Crippen LogP contribution in [0.5, 0.6) is 0 Å². The second kappa shape index (κ2) is 10.6. The van der Waals surface area contributed by atoms with E-state index in [9.17, 15) is 0 Å². The summed E-state index contributed by atoms with van der Waals surface area (Å²) in [4.78, 5) is 0. The molecule has 0 heterocycles. The summed E-state index contributed by atoms with van der Waals surface area (Å²) >= 11 is 0. The SMILES string of the molecule is C[B]CCC[NH-].[K+]. The largest absolute Gasteiger partial charge is 1.00 e. The molecule has 0 aliphatic carbocycles. The molecule has 0 aromatic heterocycles. The van der Waals surface area contributed by atoms with Crippen molar-refractivity contribution in [2.75, 3.05) is 6.54 Å².